The van der Waals surface area contributed by atoms with Crippen molar-refractivity contribution >= 4 is 17.5 Å². The van der Waals surface area contributed by atoms with Crippen LogP contribution in [0.25, 0.3) is 0 Å². The van der Waals surface area contributed by atoms with Crippen molar-refractivity contribution in [2.75, 3.05) is 19.0 Å². The molecule has 3 heteroatoms. The summed E-state index contributed by atoms with van der Waals surface area (Å²) in [6.07, 6.45) is 2.05. The maximum absolute atomic E-state index is 12.6. The first kappa shape index (κ1) is 14.4. The van der Waals surface area contributed by atoms with Crippen molar-refractivity contribution in [2.24, 2.45) is 5.92 Å². The van der Waals surface area contributed by atoms with Crippen LogP contribution >= 0.6 is 11.6 Å². The summed E-state index contributed by atoms with van der Waals surface area (Å²) in [7, 11) is 0. The molecule has 1 saturated heterocycles. The zero-order valence-electron chi connectivity index (χ0n) is 12.0. The number of benzene rings is 1. The molecule has 0 N–H and O–H groups in total. The average Bonchev–Trinajstić information content (AvgIpc) is 2.37. The largest absolute Gasteiger partial charge is 0.339 e. The van der Waals surface area contributed by atoms with Gasteiger partial charge in [0.05, 0.1) is 0 Å². The van der Waals surface area contributed by atoms with Crippen LogP contribution in [-0.4, -0.2) is 29.8 Å². The van der Waals surface area contributed by atoms with Crippen LogP contribution in [0.1, 0.15) is 39.9 Å². The second kappa shape index (κ2) is 5.96. The van der Waals surface area contributed by atoms with Gasteiger partial charge in [-0.2, -0.15) is 0 Å². The van der Waals surface area contributed by atoms with Crippen LogP contribution in [0.2, 0.25) is 0 Å². The first-order chi connectivity index (χ1) is 9.02. The van der Waals surface area contributed by atoms with E-state index in [9.17, 15) is 4.79 Å². The Morgan fingerprint density at radius 2 is 1.74 bits per heavy atom. The molecule has 1 aliphatic heterocycles. The van der Waals surface area contributed by atoms with E-state index in [0.29, 0.717) is 11.8 Å². The summed E-state index contributed by atoms with van der Waals surface area (Å²) in [6, 6.07) is 4.18. The smallest absolute Gasteiger partial charge is 0.254 e. The van der Waals surface area contributed by atoms with Crippen molar-refractivity contribution in [2.45, 2.75) is 33.6 Å². The first-order valence-corrected chi connectivity index (χ1v) is 7.49. The van der Waals surface area contributed by atoms with Gasteiger partial charge in [-0.05, 0) is 50.7 Å². The Labute approximate surface area is 120 Å². The Hall–Kier alpha value is -1.02. The number of rotatable bonds is 2. The van der Waals surface area contributed by atoms with Crippen LogP contribution in [0.3, 0.4) is 0 Å². The van der Waals surface area contributed by atoms with Gasteiger partial charge in [0, 0.05) is 24.5 Å². The van der Waals surface area contributed by atoms with Crippen molar-refractivity contribution in [1.29, 1.82) is 0 Å². The van der Waals surface area contributed by atoms with Gasteiger partial charge >= 0.3 is 0 Å². The summed E-state index contributed by atoms with van der Waals surface area (Å²) in [5.41, 5.74) is 4.27. The highest BCUT2D eigenvalue weighted by atomic mass is 35.5. The van der Waals surface area contributed by atoms with E-state index < -0.39 is 0 Å². The van der Waals surface area contributed by atoms with Gasteiger partial charge in [-0.15, -0.1) is 11.6 Å². The van der Waals surface area contributed by atoms with Crippen LogP contribution in [-0.2, 0) is 0 Å². The van der Waals surface area contributed by atoms with Crippen LogP contribution in [0.15, 0.2) is 12.1 Å². The van der Waals surface area contributed by atoms with Crippen molar-refractivity contribution in [3.05, 3.63) is 34.4 Å². The number of hydrogen-bond donors (Lipinski definition) is 0. The molecule has 1 fully saturated rings. The Morgan fingerprint density at radius 3 is 2.21 bits per heavy atom. The molecular weight excluding hydrogens is 258 g/mol. The van der Waals surface area contributed by atoms with Gasteiger partial charge in [0.2, 0.25) is 0 Å². The SMILES string of the molecule is Cc1cc(C)c(C(=O)N2CCC(CCl)CC2)c(C)c1. The summed E-state index contributed by atoms with van der Waals surface area (Å²) < 4.78 is 0. The number of likely N-dealkylation sites (tertiary alicyclic amines) is 1. The standard InChI is InChI=1S/C16H22ClNO/c1-11-8-12(2)15(13(3)9-11)16(19)18-6-4-14(10-17)5-7-18/h8-9,14H,4-7,10H2,1-3H3. The molecule has 0 aliphatic carbocycles. The van der Waals surface area contributed by atoms with Gasteiger partial charge in [0.15, 0.2) is 0 Å². The molecule has 1 aromatic rings. The summed E-state index contributed by atoms with van der Waals surface area (Å²) in [4.78, 5) is 14.6. The molecule has 0 spiro atoms. The van der Waals surface area contributed by atoms with Crippen molar-refractivity contribution in [1.82, 2.24) is 4.90 Å². The Balaban J connectivity index is 2.17. The van der Waals surface area contributed by atoms with Crippen molar-refractivity contribution < 1.29 is 4.79 Å². The lowest BCUT2D eigenvalue weighted by Crippen LogP contribution is -2.39. The Kier molecular flexibility index (Phi) is 4.51. The summed E-state index contributed by atoms with van der Waals surface area (Å²) in [5.74, 6) is 1.47. The zero-order chi connectivity index (χ0) is 14.0. The number of aryl methyl sites for hydroxylation is 3. The monoisotopic (exact) mass is 279 g/mol. The maximum Gasteiger partial charge on any atom is 0.254 e. The summed E-state index contributed by atoms with van der Waals surface area (Å²) in [5, 5.41) is 0. The minimum atomic E-state index is 0.183. The highest BCUT2D eigenvalue weighted by Crippen LogP contribution is 2.23. The summed E-state index contributed by atoms with van der Waals surface area (Å²) >= 11 is 5.89. The highest BCUT2D eigenvalue weighted by Gasteiger charge is 2.25. The minimum Gasteiger partial charge on any atom is -0.339 e. The summed E-state index contributed by atoms with van der Waals surface area (Å²) in [6.45, 7) is 7.80. The van der Waals surface area contributed by atoms with E-state index in [1.165, 1.54) is 5.56 Å². The minimum absolute atomic E-state index is 0.183. The fourth-order valence-corrected chi connectivity index (χ4v) is 3.27. The predicted octanol–water partition coefficient (Wildman–Crippen LogP) is 3.70. The number of halogens is 1. The molecule has 0 bridgehead atoms. The lowest BCUT2D eigenvalue weighted by atomic mass is 9.95. The maximum atomic E-state index is 12.6. The third kappa shape index (κ3) is 3.11. The number of carbonyl (C=O) groups is 1. The number of piperidine rings is 1. The molecule has 0 aromatic heterocycles. The van der Waals surface area contributed by atoms with E-state index in [1.54, 1.807) is 0 Å². The van der Waals surface area contributed by atoms with Gasteiger partial charge < -0.3 is 4.90 Å². The molecular formula is C16H22ClNO. The molecule has 0 atom stereocenters. The van der Waals surface area contributed by atoms with Crippen molar-refractivity contribution in [3.8, 4) is 0 Å². The predicted molar refractivity (Wildman–Crippen MR) is 80.0 cm³/mol. The lowest BCUT2D eigenvalue weighted by Gasteiger charge is -2.32. The van der Waals surface area contributed by atoms with Gasteiger partial charge in [0.25, 0.3) is 5.91 Å². The fourth-order valence-electron chi connectivity index (χ4n) is 2.97. The molecule has 1 amide bonds. The average molecular weight is 280 g/mol. The molecule has 1 aromatic carbocycles. The Morgan fingerprint density at radius 1 is 1.21 bits per heavy atom. The number of amides is 1. The highest BCUT2D eigenvalue weighted by molar-refractivity contribution is 6.18. The molecule has 0 radical (unpaired) electrons. The molecule has 1 heterocycles. The van der Waals surface area contributed by atoms with E-state index in [2.05, 4.69) is 19.1 Å². The normalized spacial score (nSPS) is 16.7. The lowest BCUT2D eigenvalue weighted by molar-refractivity contribution is 0.0696. The number of hydrogen-bond acceptors (Lipinski definition) is 1. The second-order valence-corrected chi connectivity index (χ2v) is 5.97. The molecule has 2 rings (SSSR count). The van der Waals surface area contributed by atoms with E-state index in [-0.39, 0.29) is 5.91 Å². The van der Waals surface area contributed by atoms with Crippen LogP contribution < -0.4 is 0 Å². The zero-order valence-corrected chi connectivity index (χ0v) is 12.8. The van der Waals surface area contributed by atoms with E-state index >= 15 is 0 Å². The van der Waals surface area contributed by atoms with Gasteiger partial charge in [-0.25, -0.2) is 0 Å². The molecule has 0 saturated carbocycles. The van der Waals surface area contributed by atoms with Gasteiger partial charge in [-0.1, -0.05) is 17.7 Å². The molecule has 2 nitrogen and oxygen atoms in total. The van der Waals surface area contributed by atoms with Crippen molar-refractivity contribution in [3.63, 3.8) is 0 Å². The third-order valence-corrected chi connectivity index (χ3v) is 4.45. The molecule has 19 heavy (non-hydrogen) atoms. The quantitative estimate of drug-likeness (QED) is 0.756. The molecule has 104 valence electrons. The topological polar surface area (TPSA) is 20.3 Å². The fraction of sp³-hybridized carbons (Fsp3) is 0.562. The second-order valence-electron chi connectivity index (χ2n) is 5.66. The van der Waals surface area contributed by atoms with Crippen LogP contribution in [0.4, 0.5) is 0 Å². The van der Waals surface area contributed by atoms with E-state index in [4.69, 9.17) is 11.6 Å². The number of nitrogens with zero attached hydrogens (tertiary/aromatic N) is 1. The van der Waals surface area contributed by atoms with E-state index in [0.717, 1.165) is 42.6 Å². The third-order valence-electron chi connectivity index (χ3n) is 4.01. The first-order valence-electron chi connectivity index (χ1n) is 6.96. The molecule has 0 unspecified atom stereocenters. The van der Waals surface area contributed by atoms with Gasteiger partial charge in [-0.3, -0.25) is 4.79 Å². The van der Waals surface area contributed by atoms with Gasteiger partial charge in [0.1, 0.15) is 0 Å². The van der Waals surface area contributed by atoms with E-state index in [1.807, 2.05) is 18.7 Å². The number of alkyl halides is 1. The van der Waals surface area contributed by atoms with Crippen LogP contribution in [0.5, 0.6) is 0 Å². The Bertz CT molecular complexity index is 453. The van der Waals surface area contributed by atoms with Crippen LogP contribution in [0, 0.1) is 26.7 Å². The number of carbonyl (C=O) groups excluding carboxylic acids is 1. The molecule has 1 aliphatic rings.